The van der Waals surface area contributed by atoms with Gasteiger partial charge in [0.05, 0.1) is 44.4 Å². The average molecular weight is 1150 g/mol. The summed E-state index contributed by atoms with van der Waals surface area (Å²) in [5, 5.41) is 3.47. The van der Waals surface area contributed by atoms with Crippen molar-refractivity contribution in [2.45, 2.75) is 66.1 Å². The van der Waals surface area contributed by atoms with Crippen LogP contribution in [0, 0.1) is 20.0 Å². The number of hydrogen-bond acceptors (Lipinski definition) is 3. The van der Waals surface area contributed by atoms with Crippen LogP contribution < -0.4 is 9.30 Å². The van der Waals surface area contributed by atoms with Gasteiger partial charge >= 0.3 is 0 Å². The summed E-state index contributed by atoms with van der Waals surface area (Å²) < 4.78 is 152. The number of aromatic nitrogens is 4. The molecule has 88 heavy (non-hydrogen) atoms. The number of nitrogens with zero attached hydrogens (tertiary/aromatic N) is 4. The molecule has 0 saturated carbocycles. The van der Waals surface area contributed by atoms with Gasteiger partial charge in [0, 0.05) is 42.0 Å². The van der Waals surface area contributed by atoms with E-state index >= 15 is 0 Å². The van der Waals surface area contributed by atoms with E-state index in [1.54, 1.807) is 16.7 Å². The Kier molecular flexibility index (Phi) is 9.08. The van der Waals surface area contributed by atoms with Gasteiger partial charge in [-0.1, -0.05) is 187 Å². The van der Waals surface area contributed by atoms with Crippen molar-refractivity contribution in [2.75, 3.05) is 0 Å². The molecule has 0 spiro atoms. The Morgan fingerprint density at radius 3 is 1.86 bits per heavy atom. The minimum absolute atomic E-state index is 0.0112. The molecule has 16 rings (SSSR count). The first-order valence-corrected chi connectivity index (χ1v) is 29.3. The predicted octanol–water partition coefficient (Wildman–Crippen LogP) is 21.4. The molecule has 11 aromatic carbocycles. The molecule has 15 aromatic rings. The number of para-hydroxylation sites is 2. The highest BCUT2D eigenvalue weighted by Crippen LogP contribution is 2.49. The van der Waals surface area contributed by atoms with Crippen molar-refractivity contribution in [2.24, 2.45) is 0 Å². The van der Waals surface area contributed by atoms with Gasteiger partial charge in [-0.05, 0) is 198 Å². The van der Waals surface area contributed by atoms with Gasteiger partial charge in [0.15, 0.2) is 0 Å². The number of pyridine rings is 1. The summed E-state index contributed by atoms with van der Waals surface area (Å²) in [6.45, 7) is 7.05. The molecule has 6 nitrogen and oxygen atoms in total. The molecular formula is C82H64N4O2. The third-order valence-corrected chi connectivity index (χ3v) is 17.2. The summed E-state index contributed by atoms with van der Waals surface area (Å²) in [6.07, 6.45) is 5.59. The molecule has 0 atom stereocenters. The second-order valence-electron chi connectivity index (χ2n) is 24.7. The van der Waals surface area contributed by atoms with Crippen molar-refractivity contribution >= 4 is 54.8 Å². The van der Waals surface area contributed by atoms with Gasteiger partial charge in [-0.3, -0.25) is 13.7 Å². The van der Waals surface area contributed by atoms with E-state index in [4.69, 9.17) is 22.4 Å². The smallest absolute Gasteiger partial charge is 0.269 e. The zero-order valence-corrected chi connectivity index (χ0v) is 49.1. The van der Waals surface area contributed by atoms with Crippen molar-refractivity contribution < 1.29 is 32.9 Å². The molecular weight excluding hydrogens is 1070 g/mol. The Morgan fingerprint density at radius 2 is 1.11 bits per heavy atom. The standard InChI is InChI=1S/C82H64N4O2/c1-50-19-17-20-51(2)78(50)55-43-68(53-33-38-76-69(41-53)67-28-14-16-30-75(67)88-76)79-70(44-55)63-25-11-9-23-61(63)62-24-10-12-26-64(62)71-42-54(52-31-34-56(35-32-52)81(3,4)5)45-74-80(71)85(79)49-84(74)58-21-18-22-59(47-58)87-60-36-37-66-65-27-13-15-29-72(65)86(73(66)48-60)77-46-57(39-40-83-77)82(6,7)8/h9-48H,1-8H3/i1D3,2D3,9D,10D,11D,12D,23D,24D,25D,26D. The fraction of sp³-hybridized carbons (Fsp3) is 0.122. The maximum Gasteiger partial charge on any atom is 0.269 e. The van der Waals surface area contributed by atoms with Crippen LogP contribution in [-0.4, -0.2) is 14.1 Å². The first-order valence-electron chi connectivity index (χ1n) is 36.3. The summed E-state index contributed by atoms with van der Waals surface area (Å²) in [4.78, 5) is 4.91. The Bertz CT molecular complexity index is 6050. The Balaban J connectivity index is 1.05. The second-order valence-corrected chi connectivity index (χ2v) is 24.7. The molecule has 6 heteroatoms. The molecule has 4 aromatic heterocycles. The van der Waals surface area contributed by atoms with Gasteiger partial charge in [-0.2, -0.15) is 0 Å². The third-order valence-electron chi connectivity index (χ3n) is 17.2. The molecule has 0 unspecified atom stereocenters. The van der Waals surface area contributed by atoms with Crippen LogP contribution >= 0.6 is 0 Å². The topological polar surface area (TPSA) is 49.0 Å². The van der Waals surface area contributed by atoms with E-state index in [1.165, 1.54) is 24.3 Å². The molecule has 1 aliphatic rings. The van der Waals surface area contributed by atoms with Crippen LogP contribution in [-0.2, 0) is 10.8 Å². The minimum atomic E-state index is -2.91. The fourth-order valence-corrected chi connectivity index (χ4v) is 12.8. The van der Waals surface area contributed by atoms with E-state index in [1.807, 2.05) is 144 Å². The van der Waals surface area contributed by atoms with E-state index < -0.39 is 62.0 Å². The van der Waals surface area contributed by atoms with Crippen molar-refractivity contribution in [1.82, 2.24) is 14.1 Å². The highest BCUT2D eigenvalue weighted by molar-refractivity contribution is 6.10. The third kappa shape index (κ3) is 8.68. The Hall–Kier alpha value is -10.6. The van der Waals surface area contributed by atoms with Crippen molar-refractivity contribution in [3.63, 3.8) is 0 Å². The zero-order chi connectivity index (χ0) is 71.7. The SMILES string of the molecule is [2H]c1c([2H])c([2H])c2c(c1[2H])-c1cc(-c3c(C([2H])([2H])[2H])cccc3C([2H])([2H])[2H])cc(-c3ccc4oc5ccccc5c4c3)c1-[n+]1[c-]n(-c3cccc(Oc4ccc5c6ccccc6n(-c6cc(C(C)(C)C)ccn6)c5c4)c3)c3cc(-c4ccc(C(C)(C)C)cc4)cc(c31)-c1c([2H])c([2H])c([2H])c([2H])c1-2. The number of ether oxygens (including phenoxy) is 1. The highest BCUT2D eigenvalue weighted by Gasteiger charge is 2.30. The molecule has 0 saturated heterocycles. The summed E-state index contributed by atoms with van der Waals surface area (Å²) in [5.74, 6) is 1.69. The van der Waals surface area contributed by atoms with Crippen molar-refractivity contribution in [3.8, 4) is 95.5 Å². The van der Waals surface area contributed by atoms with E-state index in [-0.39, 0.29) is 72.2 Å². The lowest BCUT2D eigenvalue weighted by Crippen LogP contribution is -2.32. The number of aryl methyl sites for hydroxylation is 2. The molecule has 0 bridgehead atoms. The number of hydrogen-bond donors (Lipinski definition) is 0. The Labute approximate surface area is 532 Å². The lowest BCUT2D eigenvalue weighted by Gasteiger charge is -2.22. The maximum absolute atomic E-state index is 10.3. The predicted molar refractivity (Wildman–Crippen MR) is 363 cm³/mol. The van der Waals surface area contributed by atoms with E-state index in [0.29, 0.717) is 61.5 Å². The molecule has 424 valence electrons. The zero-order valence-electron chi connectivity index (χ0n) is 63.1. The maximum atomic E-state index is 10.3. The summed E-state index contributed by atoms with van der Waals surface area (Å²) >= 11 is 0. The number of fused-ring (bicyclic) bond motifs is 13. The first-order chi connectivity index (χ1) is 48.4. The Morgan fingerprint density at radius 1 is 0.477 bits per heavy atom. The van der Waals surface area contributed by atoms with Crippen LogP contribution in [0.4, 0.5) is 0 Å². The molecule has 0 amide bonds. The second kappa shape index (κ2) is 20.0. The van der Waals surface area contributed by atoms with Crippen LogP contribution in [0.25, 0.3) is 139 Å². The van der Waals surface area contributed by atoms with Crippen LogP contribution in [0.15, 0.2) is 247 Å². The lowest BCUT2D eigenvalue weighted by molar-refractivity contribution is -0.570. The summed E-state index contributed by atoms with van der Waals surface area (Å²) in [5.41, 5.74) is 7.00. The summed E-state index contributed by atoms with van der Waals surface area (Å²) in [7, 11) is 0. The molecule has 0 N–H and O–H groups in total. The number of benzene rings is 11. The number of furan rings is 1. The molecule has 0 fully saturated rings. The molecule has 1 aliphatic heterocycles. The van der Waals surface area contributed by atoms with Crippen LogP contribution in [0.2, 0.25) is 0 Å². The normalized spacial score (nSPS) is 14.9. The van der Waals surface area contributed by atoms with Crippen LogP contribution in [0.5, 0.6) is 11.5 Å². The number of rotatable bonds is 7. The van der Waals surface area contributed by atoms with Gasteiger partial charge in [-0.15, -0.1) is 0 Å². The first kappa shape index (κ1) is 39.9. The average Bonchev–Trinajstić information content (AvgIpc) is 1.46. The van der Waals surface area contributed by atoms with Gasteiger partial charge in [0.1, 0.15) is 28.5 Å². The van der Waals surface area contributed by atoms with Crippen molar-refractivity contribution in [3.05, 3.63) is 271 Å². The van der Waals surface area contributed by atoms with E-state index in [2.05, 4.69) is 70.6 Å². The van der Waals surface area contributed by atoms with Gasteiger partial charge in [0.2, 0.25) is 0 Å². The van der Waals surface area contributed by atoms with Crippen LogP contribution in [0.3, 0.4) is 0 Å². The monoisotopic (exact) mass is 1150 g/mol. The molecule has 5 heterocycles. The largest absolute Gasteiger partial charge is 0.458 e. The lowest BCUT2D eigenvalue weighted by atomic mass is 9.85. The van der Waals surface area contributed by atoms with E-state index in [0.717, 1.165) is 49.7 Å². The summed E-state index contributed by atoms with van der Waals surface area (Å²) in [6, 6.07) is 53.0. The van der Waals surface area contributed by atoms with Gasteiger partial charge in [-0.25, -0.2) is 4.98 Å². The highest BCUT2D eigenvalue weighted by atomic mass is 16.5. The quantitative estimate of drug-likeness (QED) is 0.118. The van der Waals surface area contributed by atoms with Gasteiger partial charge in [0.25, 0.3) is 6.33 Å². The van der Waals surface area contributed by atoms with E-state index in [9.17, 15) is 11.0 Å². The van der Waals surface area contributed by atoms with Crippen LogP contribution in [0.1, 0.15) is 83.0 Å². The van der Waals surface area contributed by atoms with Gasteiger partial charge < -0.3 is 9.15 Å². The van der Waals surface area contributed by atoms with Crippen molar-refractivity contribution in [1.29, 1.82) is 0 Å². The fourth-order valence-electron chi connectivity index (χ4n) is 12.8. The molecule has 0 aliphatic carbocycles. The number of imidazole rings is 1. The minimum Gasteiger partial charge on any atom is -0.458 e. The molecule has 0 radical (unpaired) electrons.